The Morgan fingerprint density at radius 3 is 2.03 bits per heavy atom. The summed E-state index contributed by atoms with van der Waals surface area (Å²) in [5, 5.41) is 8.46. The first-order chi connectivity index (χ1) is 14.7. The van der Waals surface area contributed by atoms with Gasteiger partial charge in [0.1, 0.15) is 12.3 Å². The molecule has 0 fully saturated rings. The first kappa shape index (κ1) is 23.5. The molecule has 1 aromatic carbocycles. The van der Waals surface area contributed by atoms with Gasteiger partial charge in [-0.3, -0.25) is 19.2 Å². The molecule has 1 heterocycles. The van der Waals surface area contributed by atoms with Gasteiger partial charge in [-0.25, -0.2) is 0 Å². The van der Waals surface area contributed by atoms with E-state index in [4.69, 9.17) is 18.9 Å². The molecule has 0 radical (unpaired) electrons. The average Bonchev–Trinajstić information content (AvgIpc) is 3.18. The molecule has 0 bridgehead atoms. The van der Waals surface area contributed by atoms with Crippen LogP contribution >= 0.6 is 0 Å². The third kappa shape index (κ3) is 7.21. The minimum Gasteiger partial charge on any atom is -0.462 e. The lowest BCUT2D eigenvalue weighted by molar-refractivity contribution is -0.190. The van der Waals surface area contributed by atoms with E-state index in [1.54, 1.807) is 24.3 Å². The van der Waals surface area contributed by atoms with Gasteiger partial charge in [-0.2, -0.15) is 9.90 Å². The second-order valence-electron chi connectivity index (χ2n) is 6.45. The zero-order valence-electron chi connectivity index (χ0n) is 17.5. The number of ether oxygens (including phenoxy) is 4. The van der Waals surface area contributed by atoms with Gasteiger partial charge in [-0.15, -0.1) is 5.10 Å². The third-order valence-electron chi connectivity index (χ3n) is 3.82. The number of aromatic nitrogens is 3. The van der Waals surface area contributed by atoms with E-state index < -0.39 is 48.8 Å². The number of hydrogen-bond donors (Lipinski definition) is 0. The molecule has 2 aromatic rings. The van der Waals surface area contributed by atoms with Crippen molar-refractivity contribution < 1.29 is 38.1 Å². The van der Waals surface area contributed by atoms with Gasteiger partial charge >= 0.3 is 23.9 Å². The summed E-state index contributed by atoms with van der Waals surface area (Å²) in [7, 11) is 0. The normalized spacial score (nSPS) is 13.4. The standard InChI is InChI=1S/C20H23N3O8/c1-12(24)28-11-18(29-13(2)25)20(31-15(4)27)19(30-14(3)26)17-10-21-23(22-17)16-8-6-5-7-9-16/h5-10,18-20H,11H2,1-4H3. The summed E-state index contributed by atoms with van der Waals surface area (Å²) >= 11 is 0. The Morgan fingerprint density at radius 2 is 1.48 bits per heavy atom. The fourth-order valence-electron chi connectivity index (χ4n) is 2.70. The zero-order valence-corrected chi connectivity index (χ0v) is 17.5. The van der Waals surface area contributed by atoms with E-state index in [2.05, 4.69) is 10.2 Å². The lowest BCUT2D eigenvalue weighted by atomic mass is 10.1. The fourth-order valence-corrected chi connectivity index (χ4v) is 2.70. The number of carbonyl (C=O) groups excluding carboxylic acids is 4. The van der Waals surface area contributed by atoms with Crippen LogP contribution in [0.2, 0.25) is 0 Å². The number of rotatable bonds is 9. The van der Waals surface area contributed by atoms with Crippen LogP contribution in [0, 0.1) is 0 Å². The largest absolute Gasteiger partial charge is 0.462 e. The highest BCUT2D eigenvalue weighted by molar-refractivity contribution is 5.69. The number of para-hydroxylation sites is 1. The highest BCUT2D eigenvalue weighted by atomic mass is 16.6. The number of benzene rings is 1. The monoisotopic (exact) mass is 433 g/mol. The lowest BCUT2D eigenvalue weighted by Crippen LogP contribution is -2.43. The van der Waals surface area contributed by atoms with Crippen LogP contribution in [-0.2, 0) is 38.1 Å². The summed E-state index contributed by atoms with van der Waals surface area (Å²) in [6.07, 6.45) is -2.59. The van der Waals surface area contributed by atoms with Crippen LogP contribution in [0.1, 0.15) is 39.5 Å². The van der Waals surface area contributed by atoms with Crippen LogP contribution in [0.4, 0.5) is 0 Å². The predicted octanol–water partition coefficient (Wildman–Crippen LogP) is 1.30. The maximum atomic E-state index is 11.8. The van der Waals surface area contributed by atoms with Crippen molar-refractivity contribution in [2.24, 2.45) is 0 Å². The number of hydrogen-bond acceptors (Lipinski definition) is 10. The van der Waals surface area contributed by atoms with Crippen molar-refractivity contribution in [3.05, 3.63) is 42.2 Å². The summed E-state index contributed by atoms with van der Waals surface area (Å²) < 4.78 is 20.8. The van der Waals surface area contributed by atoms with E-state index >= 15 is 0 Å². The predicted molar refractivity (Wildman–Crippen MR) is 104 cm³/mol. The minimum absolute atomic E-state index is 0.130. The highest BCUT2D eigenvalue weighted by Crippen LogP contribution is 2.27. The molecule has 3 unspecified atom stereocenters. The fraction of sp³-hybridized carbons (Fsp3) is 0.400. The van der Waals surface area contributed by atoms with E-state index in [0.717, 1.165) is 20.8 Å². The number of esters is 4. The van der Waals surface area contributed by atoms with E-state index in [-0.39, 0.29) is 5.69 Å². The Kier molecular flexibility index (Phi) is 8.24. The van der Waals surface area contributed by atoms with Crippen molar-refractivity contribution in [2.45, 2.75) is 46.0 Å². The molecule has 0 aliphatic heterocycles. The topological polar surface area (TPSA) is 136 Å². The smallest absolute Gasteiger partial charge is 0.303 e. The summed E-state index contributed by atoms with van der Waals surface area (Å²) in [5.41, 5.74) is 0.765. The van der Waals surface area contributed by atoms with Crippen LogP contribution in [0.25, 0.3) is 5.69 Å². The Hall–Kier alpha value is -3.76. The third-order valence-corrected chi connectivity index (χ3v) is 3.82. The van der Waals surface area contributed by atoms with Crippen molar-refractivity contribution in [1.29, 1.82) is 0 Å². The summed E-state index contributed by atoms with van der Waals surface area (Å²) in [4.78, 5) is 47.8. The molecule has 0 N–H and O–H groups in total. The Bertz CT molecular complexity index is 928. The molecule has 166 valence electrons. The van der Waals surface area contributed by atoms with Crippen LogP contribution in [0.5, 0.6) is 0 Å². The van der Waals surface area contributed by atoms with Gasteiger partial charge in [-0.1, -0.05) is 18.2 Å². The molecule has 3 atom stereocenters. The Morgan fingerprint density at radius 1 is 0.871 bits per heavy atom. The van der Waals surface area contributed by atoms with E-state index in [1.165, 1.54) is 17.9 Å². The Balaban J connectivity index is 2.46. The molecule has 0 amide bonds. The lowest BCUT2D eigenvalue weighted by Gasteiger charge is -2.30. The summed E-state index contributed by atoms with van der Waals surface area (Å²) in [6, 6.07) is 8.93. The number of nitrogens with zero attached hydrogens (tertiary/aromatic N) is 3. The Labute approximate surface area is 178 Å². The second kappa shape index (κ2) is 10.9. The number of carbonyl (C=O) groups is 4. The van der Waals surface area contributed by atoms with Gasteiger partial charge in [0.2, 0.25) is 0 Å². The van der Waals surface area contributed by atoms with Crippen molar-refractivity contribution in [1.82, 2.24) is 15.0 Å². The first-order valence-corrected chi connectivity index (χ1v) is 9.30. The summed E-state index contributed by atoms with van der Waals surface area (Å²) in [6.45, 7) is 4.16. The van der Waals surface area contributed by atoms with Gasteiger partial charge in [0.25, 0.3) is 0 Å². The quantitative estimate of drug-likeness (QED) is 0.420. The molecular formula is C20H23N3O8. The van der Waals surface area contributed by atoms with E-state index in [0.29, 0.717) is 5.69 Å². The SMILES string of the molecule is CC(=O)OCC(OC(C)=O)C(OC(C)=O)C(OC(C)=O)c1cnn(-c2ccccc2)n1. The van der Waals surface area contributed by atoms with Gasteiger partial charge in [0.05, 0.1) is 11.9 Å². The highest BCUT2D eigenvalue weighted by Gasteiger charge is 2.40. The molecule has 0 saturated carbocycles. The van der Waals surface area contributed by atoms with Crippen molar-refractivity contribution >= 4 is 23.9 Å². The van der Waals surface area contributed by atoms with Crippen molar-refractivity contribution in [3.8, 4) is 5.69 Å². The molecule has 0 saturated heterocycles. The van der Waals surface area contributed by atoms with E-state index in [9.17, 15) is 19.2 Å². The van der Waals surface area contributed by atoms with Crippen LogP contribution in [-0.4, -0.2) is 57.7 Å². The first-order valence-electron chi connectivity index (χ1n) is 9.30. The van der Waals surface area contributed by atoms with E-state index in [1.807, 2.05) is 6.07 Å². The molecule has 11 heteroatoms. The molecule has 0 aliphatic carbocycles. The second-order valence-corrected chi connectivity index (χ2v) is 6.45. The van der Waals surface area contributed by atoms with Crippen LogP contribution in [0.3, 0.4) is 0 Å². The average molecular weight is 433 g/mol. The molecular weight excluding hydrogens is 410 g/mol. The van der Waals surface area contributed by atoms with Gasteiger partial charge in [0.15, 0.2) is 18.3 Å². The maximum absolute atomic E-state index is 11.8. The maximum Gasteiger partial charge on any atom is 0.303 e. The van der Waals surface area contributed by atoms with Crippen LogP contribution in [0.15, 0.2) is 36.5 Å². The van der Waals surface area contributed by atoms with Crippen LogP contribution < -0.4 is 0 Å². The molecule has 2 rings (SSSR count). The minimum atomic E-state index is -1.36. The molecule has 1 aromatic heterocycles. The van der Waals surface area contributed by atoms with Crippen molar-refractivity contribution in [3.63, 3.8) is 0 Å². The van der Waals surface area contributed by atoms with Crippen molar-refractivity contribution in [2.75, 3.05) is 6.61 Å². The van der Waals surface area contributed by atoms with Gasteiger partial charge in [0, 0.05) is 27.7 Å². The molecule has 31 heavy (non-hydrogen) atoms. The molecule has 0 spiro atoms. The molecule has 11 nitrogen and oxygen atoms in total. The van der Waals surface area contributed by atoms with Gasteiger partial charge in [-0.05, 0) is 12.1 Å². The molecule has 0 aliphatic rings. The summed E-state index contributed by atoms with van der Waals surface area (Å²) in [5.74, 6) is -2.80. The van der Waals surface area contributed by atoms with Gasteiger partial charge < -0.3 is 18.9 Å². The zero-order chi connectivity index (χ0) is 23.0.